The highest BCUT2D eigenvalue weighted by atomic mass is 35.5. The van der Waals surface area contributed by atoms with Crippen molar-refractivity contribution in [1.82, 2.24) is 9.97 Å². The fourth-order valence-electron chi connectivity index (χ4n) is 1.41. The van der Waals surface area contributed by atoms with Crippen molar-refractivity contribution < 1.29 is 4.39 Å². The SMILES string of the molecule is Cc1[nH]c(-c2ccccc2F)nc1CCl. The fourth-order valence-corrected chi connectivity index (χ4v) is 1.67. The molecular formula is C11H10ClFN2. The van der Waals surface area contributed by atoms with Crippen LogP contribution in [0.25, 0.3) is 11.4 Å². The Hall–Kier alpha value is -1.35. The van der Waals surface area contributed by atoms with Gasteiger partial charge >= 0.3 is 0 Å². The Morgan fingerprint density at radius 2 is 2.13 bits per heavy atom. The summed E-state index contributed by atoms with van der Waals surface area (Å²) in [6, 6.07) is 6.52. The molecule has 1 aromatic heterocycles. The number of benzene rings is 1. The van der Waals surface area contributed by atoms with E-state index < -0.39 is 0 Å². The summed E-state index contributed by atoms with van der Waals surface area (Å²) in [7, 11) is 0. The molecule has 0 radical (unpaired) electrons. The Morgan fingerprint density at radius 1 is 1.40 bits per heavy atom. The molecule has 4 heteroatoms. The number of hydrogen-bond acceptors (Lipinski definition) is 1. The van der Waals surface area contributed by atoms with E-state index in [9.17, 15) is 4.39 Å². The molecule has 0 saturated heterocycles. The molecule has 0 aliphatic carbocycles. The highest BCUT2D eigenvalue weighted by Crippen LogP contribution is 2.21. The van der Waals surface area contributed by atoms with E-state index in [0.717, 1.165) is 11.4 Å². The van der Waals surface area contributed by atoms with Crippen LogP contribution in [0.1, 0.15) is 11.4 Å². The topological polar surface area (TPSA) is 28.7 Å². The molecule has 0 unspecified atom stereocenters. The lowest BCUT2D eigenvalue weighted by Gasteiger charge is -1.97. The first-order chi connectivity index (χ1) is 7.22. The van der Waals surface area contributed by atoms with Crippen LogP contribution in [0.2, 0.25) is 0 Å². The third-order valence-corrected chi connectivity index (χ3v) is 2.49. The molecule has 1 aromatic carbocycles. The van der Waals surface area contributed by atoms with Crippen molar-refractivity contribution >= 4 is 11.6 Å². The van der Waals surface area contributed by atoms with E-state index in [2.05, 4.69) is 9.97 Å². The molecule has 0 aliphatic rings. The Labute approximate surface area is 92.1 Å². The lowest BCUT2D eigenvalue weighted by molar-refractivity contribution is 0.630. The average Bonchev–Trinajstić information content (AvgIpc) is 2.60. The number of aromatic nitrogens is 2. The predicted octanol–water partition coefficient (Wildman–Crippen LogP) is 3.26. The third kappa shape index (κ3) is 1.88. The molecule has 0 saturated carbocycles. The van der Waals surface area contributed by atoms with E-state index >= 15 is 0 Å². The van der Waals surface area contributed by atoms with Gasteiger partial charge < -0.3 is 4.98 Å². The molecule has 0 fully saturated rings. The minimum absolute atomic E-state index is 0.285. The Balaban J connectivity index is 2.50. The summed E-state index contributed by atoms with van der Waals surface area (Å²) in [6.07, 6.45) is 0. The van der Waals surface area contributed by atoms with Crippen molar-refractivity contribution in [3.8, 4) is 11.4 Å². The summed E-state index contributed by atoms with van der Waals surface area (Å²) < 4.78 is 13.4. The van der Waals surface area contributed by atoms with Gasteiger partial charge in [0.25, 0.3) is 0 Å². The molecule has 0 bridgehead atoms. The molecular weight excluding hydrogens is 215 g/mol. The van der Waals surface area contributed by atoms with Crippen LogP contribution >= 0.6 is 11.6 Å². The molecule has 0 amide bonds. The Bertz CT molecular complexity index is 479. The zero-order valence-electron chi connectivity index (χ0n) is 8.22. The van der Waals surface area contributed by atoms with Crippen LogP contribution in [0.5, 0.6) is 0 Å². The van der Waals surface area contributed by atoms with Crippen molar-refractivity contribution in [1.29, 1.82) is 0 Å². The third-order valence-electron chi connectivity index (χ3n) is 2.24. The molecule has 2 aromatic rings. The Morgan fingerprint density at radius 3 is 2.73 bits per heavy atom. The average molecular weight is 225 g/mol. The smallest absolute Gasteiger partial charge is 0.140 e. The molecule has 78 valence electrons. The van der Waals surface area contributed by atoms with Crippen LogP contribution in [0, 0.1) is 12.7 Å². The zero-order valence-corrected chi connectivity index (χ0v) is 8.98. The number of H-pyrrole nitrogens is 1. The lowest BCUT2D eigenvalue weighted by Crippen LogP contribution is -1.85. The summed E-state index contributed by atoms with van der Waals surface area (Å²) >= 11 is 5.70. The van der Waals surface area contributed by atoms with Gasteiger partial charge in [0.2, 0.25) is 0 Å². The van der Waals surface area contributed by atoms with Crippen molar-refractivity contribution in [2.75, 3.05) is 0 Å². The van der Waals surface area contributed by atoms with Gasteiger partial charge in [0.05, 0.1) is 17.1 Å². The van der Waals surface area contributed by atoms with Crippen molar-refractivity contribution in [3.63, 3.8) is 0 Å². The predicted molar refractivity (Wildman–Crippen MR) is 58.3 cm³/mol. The van der Waals surface area contributed by atoms with Gasteiger partial charge in [-0.05, 0) is 19.1 Å². The molecule has 1 heterocycles. The number of aryl methyl sites for hydroxylation is 1. The van der Waals surface area contributed by atoms with Gasteiger partial charge in [-0.3, -0.25) is 0 Å². The van der Waals surface area contributed by atoms with Crippen LogP contribution in [-0.4, -0.2) is 9.97 Å². The second-order valence-electron chi connectivity index (χ2n) is 3.27. The van der Waals surface area contributed by atoms with Crippen molar-refractivity contribution in [2.45, 2.75) is 12.8 Å². The number of nitrogens with zero attached hydrogens (tertiary/aromatic N) is 1. The molecule has 2 rings (SSSR count). The van der Waals surface area contributed by atoms with Crippen molar-refractivity contribution in [2.24, 2.45) is 0 Å². The van der Waals surface area contributed by atoms with Crippen LogP contribution in [0.4, 0.5) is 4.39 Å². The first-order valence-electron chi connectivity index (χ1n) is 4.58. The Kier molecular flexibility index (Phi) is 2.73. The molecule has 1 N–H and O–H groups in total. The van der Waals surface area contributed by atoms with Gasteiger partial charge in [0, 0.05) is 5.69 Å². The standard InChI is InChI=1S/C11H10ClFN2/c1-7-10(6-12)15-11(14-7)8-4-2-3-5-9(8)13/h2-5H,6H2,1H3,(H,14,15). The summed E-state index contributed by atoms with van der Waals surface area (Å²) in [5.74, 6) is 0.574. The maximum Gasteiger partial charge on any atom is 0.140 e. The van der Waals surface area contributed by atoms with Gasteiger partial charge in [-0.1, -0.05) is 12.1 Å². The number of halogens is 2. The maximum atomic E-state index is 13.4. The molecule has 2 nitrogen and oxygen atoms in total. The van der Waals surface area contributed by atoms with E-state index in [1.807, 2.05) is 6.92 Å². The summed E-state index contributed by atoms with van der Waals surface area (Å²) in [6.45, 7) is 1.87. The van der Waals surface area contributed by atoms with Crippen LogP contribution in [-0.2, 0) is 5.88 Å². The minimum Gasteiger partial charge on any atom is -0.342 e. The highest BCUT2D eigenvalue weighted by Gasteiger charge is 2.10. The van der Waals surface area contributed by atoms with E-state index in [0.29, 0.717) is 17.3 Å². The first kappa shape index (κ1) is 10.2. The maximum absolute atomic E-state index is 13.4. The second kappa shape index (κ2) is 4.03. The van der Waals surface area contributed by atoms with E-state index in [1.165, 1.54) is 6.07 Å². The van der Waals surface area contributed by atoms with Crippen molar-refractivity contribution in [3.05, 3.63) is 41.5 Å². The van der Waals surface area contributed by atoms with Gasteiger partial charge in [-0.25, -0.2) is 9.37 Å². The minimum atomic E-state index is -0.285. The van der Waals surface area contributed by atoms with E-state index in [1.54, 1.807) is 18.2 Å². The quantitative estimate of drug-likeness (QED) is 0.780. The molecule has 0 atom stereocenters. The number of hydrogen-bond donors (Lipinski definition) is 1. The number of rotatable bonds is 2. The lowest BCUT2D eigenvalue weighted by atomic mass is 10.2. The molecule has 0 spiro atoms. The van der Waals surface area contributed by atoms with Crippen LogP contribution in [0.15, 0.2) is 24.3 Å². The number of aromatic amines is 1. The fraction of sp³-hybridized carbons (Fsp3) is 0.182. The first-order valence-corrected chi connectivity index (χ1v) is 5.12. The van der Waals surface area contributed by atoms with Gasteiger partial charge in [-0.15, -0.1) is 11.6 Å². The van der Waals surface area contributed by atoms with Gasteiger partial charge in [-0.2, -0.15) is 0 Å². The zero-order chi connectivity index (χ0) is 10.8. The van der Waals surface area contributed by atoms with E-state index in [-0.39, 0.29) is 5.82 Å². The monoisotopic (exact) mass is 224 g/mol. The summed E-state index contributed by atoms with van der Waals surface area (Å²) in [5.41, 5.74) is 2.11. The largest absolute Gasteiger partial charge is 0.342 e. The highest BCUT2D eigenvalue weighted by molar-refractivity contribution is 6.17. The summed E-state index contributed by atoms with van der Waals surface area (Å²) in [4.78, 5) is 7.25. The van der Waals surface area contributed by atoms with Gasteiger partial charge in [0.15, 0.2) is 0 Å². The number of nitrogens with one attached hydrogen (secondary N) is 1. The number of alkyl halides is 1. The van der Waals surface area contributed by atoms with E-state index in [4.69, 9.17) is 11.6 Å². The van der Waals surface area contributed by atoms with Crippen LogP contribution in [0.3, 0.4) is 0 Å². The molecule has 15 heavy (non-hydrogen) atoms. The second-order valence-corrected chi connectivity index (χ2v) is 3.54. The number of imidazole rings is 1. The molecule has 0 aliphatic heterocycles. The van der Waals surface area contributed by atoms with Gasteiger partial charge in [0.1, 0.15) is 11.6 Å². The van der Waals surface area contributed by atoms with Crippen LogP contribution < -0.4 is 0 Å². The summed E-state index contributed by atoms with van der Waals surface area (Å²) in [5, 5.41) is 0. The normalized spacial score (nSPS) is 10.6.